The summed E-state index contributed by atoms with van der Waals surface area (Å²) in [4.78, 5) is 26.7. The van der Waals surface area contributed by atoms with Gasteiger partial charge in [0, 0.05) is 30.2 Å². The van der Waals surface area contributed by atoms with Crippen LogP contribution >= 0.6 is 0 Å². The van der Waals surface area contributed by atoms with Gasteiger partial charge in [0.25, 0.3) is 0 Å². The van der Waals surface area contributed by atoms with Gasteiger partial charge in [-0.2, -0.15) is 0 Å². The summed E-state index contributed by atoms with van der Waals surface area (Å²) in [5, 5.41) is 6.04. The first kappa shape index (κ1) is 18.3. The van der Waals surface area contributed by atoms with E-state index in [-0.39, 0.29) is 23.9 Å². The average Bonchev–Trinajstić information content (AvgIpc) is 2.55. The maximum absolute atomic E-state index is 12.5. The van der Waals surface area contributed by atoms with Gasteiger partial charge in [0.15, 0.2) is 0 Å². The number of carbonyl (C=O) groups excluding carboxylic acids is 2. The molecule has 2 N–H and O–H groups in total. The molecule has 0 saturated carbocycles. The topological polar surface area (TPSA) is 61.4 Å². The number of urea groups is 1. The molecule has 1 atom stereocenters. The van der Waals surface area contributed by atoms with Crippen LogP contribution in [0.1, 0.15) is 40.5 Å². The molecule has 1 saturated heterocycles. The van der Waals surface area contributed by atoms with Crippen LogP contribution in [0.15, 0.2) is 30.3 Å². The Morgan fingerprint density at radius 3 is 2.50 bits per heavy atom. The molecule has 0 aliphatic carbocycles. The van der Waals surface area contributed by atoms with Gasteiger partial charge >= 0.3 is 6.03 Å². The highest BCUT2D eigenvalue weighted by Gasteiger charge is 2.34. The number of para-hydroxylation sites is 1. The fourth-order valence-electron chi connectivity index (χ4n) is 2.64. The Balaban J connectivity index is 1.92. The van der Waals surface area contributed by atoms with Crippen LogP contribution in [-0.4, -0.2) is 36.0 Å². The maximum Gasteiger partial charge on any atom is 0.321 e. The zero-order valence-electron chi connectivity index (χ0n) is 15.1. The molecule has 1 aliphatic heterocycles. The third kappa shape index (κ3) is 4.49. The molecule has 1 aliphatic rings. The first-order valence-electron chi connectivity index (χ1n) is 8.72. The third-order valence-electron chi connectivity index (χ3n) is 5.10. The van der Waals surface area contributed by atoms with Gasteiger partial charge in [-0.25, -0.2) is 4.79 Å². The second kappa shape index (κ2) is 7.69. The Morgan fingerprint density at radius 1 is 1.21 bits per heavy atom. The Kier molecular flexibility index (Phi) is 5.86. The molecule has 1 unspecified atom stereocenters. The lowest BCUT2D eigenvalue weighted by atomic mass is 9.80. The summed E-state index contributed by atoms with van der Waals surface area (Å²) < 4.78 is 0. The summed E-state index contributed by atoms with van der Waals surface area (Å²) in [6, 6.07) is 9.34. The van der Waals surface area contributed by atoms with E-state index in [4.69, 9.17) is 0 Å². The first-order chi connectivity index (χ1) is 11.3. The standard InChI is InChI=1S/C19H29N3O2/c1-14(2)19(3,4)17(23)20-16-11-8-12-22(13-16)18(24)21-15-9-6-5-7-10-15/h5-7,9-10,14,16H,8,11-13H2,1-4H3,(H,20,23)(H,21,24). The number of hydrogen-bond donors (Lipinski definition) is 2. The van der Waals surface area contributed by atoms with Gasteiger partial charge in [-0.1, -0.05) is 45.9 Å². The maximum atomic E-state index is 12.5. The molecule has 3 amide bonds. The zero-order chi connectivity index (χ0) is 17.7. The van der Waals surface area contributed by atoms with Crippen LogP contribution in [-0.2, 0) is 4.79 Å². The second-order valence-electron chi connectivity index (χ2n) is 7.43. The predicted molar refractivity (Wildman–Crippen MR) is 96.8 cm³/mol. The summed E-state index contributed by atoms with van der Waals surface area (Å²) in [7, 11) is 0. The van der Waals surface area contributed by atoms with E-state index in [1.54, 1.807) is 4.90 Å². The zero-order valence-corrected chi connectivity index (χ0v) is 15.1. The number of amides is 3. The average molecular weight is 331 g/mol. The lowest BCUT2D eigenvalue weighted by Crippen LogP contribution is -2.53. The van der Waals surface area contributed by atoms with E-state index in [9.17, 15) is 9.59 Å². The summed E-state index contributed by atoms with van der Waals surface area (Å²) >= 11 is 0. The van der Waals surface area contributed by atoms with Crippen LogP contribution in [0.5, 0.6) is 0 Å². The number of nitrogens with one attached hydrogen (secondary N) is 2. The van der Waals surface area contributed by atoms with Crippen LogP contribution < -0.4 is 10.6 Å². The number of piperidine rings is 1. The number of hydrogen-bond acceptors (Lipinski definition) is 2. The molecule has 24 heavy (non-hydrogen) atoms. The van der Waals surface area contributed by atoms with Crippen molar-refractivity contribution in [3.63, 3.8) is 0 Å². The Morgan fingerprint density at radius 2 is 1.88 bits per heavy atom. The molecule has 0 radical (unpaired) electrons. The van der Waals surface area contributed by atoms with Crippen LogP contribution in [0.25, 0.3) is 0 Å². The Labute approximate surface area is 144 Å². The molecule has 0 spiro atoms. The second-order valence-corrected chi connectivity index (χ2v) is 7.43. The molecular formula is C19H29N3O2. The highest BCUT2D eigenvalue weighted by Crippen LogP contribution is 2.26. The molecule has 1 aromatic rings. The lowest BCUT2D eigenvalue weighted by molar-refractivity contribution is -0.132. The number of nitrogens with zero attached hydrogens (tertiary/aromatic N) is 1. The Hall–Kier alpha value is -2.04. The van der Waals surface area contributed by atoms with E-state index in [2.05, 4.69) is 24.5 Å². The van der Waals surface area contributed by atoms with Crippen molar-refractivity contribution in [1.82, 2.24) is 10.2 Å². The molecule has 1 fully saturated rings. The normalized spacial score (nSPS) is 18.4. The van der Waals surface area contributed by atoms with Crippen molar-refractivity contribution in [3.05, 3.63) is 30.3 Å². The van der Waals surface area contributed by atoms with Crippen molar-refractivity contribution in [2.45, 2.75) is 46.6 Å². The summed E-state index contributed by atoms with van der Waals surface area (Å²) in [6.45, 7) is 9.32. The quantitative estimate of drug-likeness (QED) is 0.887. The molecule has 0 bridgehead atoms. The van der Waals surface area contributed by atoms with E-state index < -0.39 is 5.41 Å². The minimum Gasteiger partial charge on any atom is -0.351 e. The smallest absolute Gasteiger partial charge is 0.321 e. The minimum atomic E-state index is -0.408. The first-order valence-corrected chi connectivity index (χ1v) is 8.72. The number of anilines is 1. The molecule has 132 valence electrons. The van der Waals surface area contributed by atoms with Gasteiger partial charge in [-0.05, 0) is 30.9 Å². The molecule has 1 heterocycles. The van der Waals surface area contributed by atoms with Crippen molar-refractivity contribution in [3.8, 4) is 0 Å². The minimum absolute atomic E-state index is 0.0193. The van der Waals surface area contributed by atoms with Crippen LogP contribution in [0.2, 0.25) is 0 Å². The van der Waals surface area contributed by atoms with Gasteiger partial charge in [-0.3, -0.25) is 4.79 Å². The fourth-order valence-corrected chi connectivity index (χ4v) is 2.64. The van der Waals surface area contributed by atoms with Crippen LogP contribution in [0.4, 0.5) is 10.5 Å². The van der Waals surface area contributed by atoms with Gasteiger partial charge < -0.3 is 15.5 Å². The number of carbonyl (C=O) groups is 2. The van der Waals surface area contributed by atoms with E-state index in [1.807, 2.05) is 44.2 Å². The van der Waals surface area contributed by atoms with E-state index in [1.165, 1.54) is 0 Å². The Bertz CT molecular complexity index is 569. The predicted octanol–water partition coefficient (Wildman–Crippen LogP) is 3.48. The lowest BCUT2D eigenvalue weighted by Gasteiger charge is -2.36. The molecule has 1 aromatic carbocycles. The van der Waals surface area contributed by atoms with Gasteiger partial charge in [0.1, 0.15) is 0 Å². The highest BCUT2D eigenvalue weighted by molar-refractivity contribution is 5.89. The monoisotopic (exact) mass is 331 g/mol. The number of benzene rings is 1. The molecular weight excluding hydrogens is 302 g/mol. The fraction of sp³-hybridized carbons (Fsp3) is 0.579. The number of likely N-dealkylation sites (tertiary alicyclic amines) is 1. The summed E-state index contributed by atoms with van der Waals surface area (Å²) in [5.74, 6) is 0.325. The number of rotatable bonds is 4. The third-order valence-corrected chi connectivity index (χ3v) is 5.10. The highest BCUT2D eigenvalue weighted by atomic mass is 16.2. The summed E-state index contributed by atoms with van der Waals surface area (Å²) in [6.07, 6.45) is 1.81. The van der Waals surface area contributed by atoms with Crippen molar-refractivity contribution in [1.29, 1.82) is 0 Å². The van der Waals surface area contributed by atoms with E-state index in [0.29, 0.717) is 6.54 Å². The van der Waals surface area contributed by atoms with Crippen molar-refractivity contribution in [2.24, 2.45) is 11.3 Å². The van der Waals surface area contributed by atoms with E-state index >= 15 is 0 Å². The van der Waals surface area contributed by atoms with Gasteiger partial charge in [0.2, 0.25) is 5.91 Å². The molecule has 0 aromatic heterocycles. The van der Waals surface area contributed by atoms with Crippen LogP contribution in [0, 0.1) is 11.3 Å². The van der Waals surface area contributed by atoms with Crippen molar-refractivity contribution < 1.29 is 9.59 Å². The van der Waals surface area contributed by atoms with Crippen molar-refractivity contribution >= 4 is 17.6 Å². The van der Waals surface area contributed by atoms with Crippen LogP contribution in [0.3, 0.4) is 0 Å². The van der Waals surface area contributed by atoms with Crippen molar-refractivity contribution in [2.75, 3.05) is 18.4 Å². The largest absolute Gasteiger partial charge is 0.351 e. The van der Waals surface area contributed by atoms with E-state index in [0.717, 1.165) is 25.1 Å². The van der Waals surface area contributed by atoms with Gasteiger partial charge in [-0.15, -0.1) is 0 Å². The summed E-state index contributed by atoms with van der Waals surface area (Å²) in [5.41, 5.74) is 0.379. The molecule has 2 rings (SSSR count). The molecule has 5 nitrogen and oxygen atoms in total. The molecule has 5 heteroatoms. The SMILES string of the molecule is CC(C)C(C)(C)C(=O)NC1CCCN(C(=O)Nc2ccccc2)C1. The van der Waals surface area contributed by atoms with Gasteiger partial charge in [0.05, 0.1) is 0 Å².